The van der Waals surface area contributed by atoms with E-state index in [2.05, 4.69) is 15.9 Å². The van der Waals surface area contributed by atoms with Crippen molar-refractivity contribution in [2.75, 3.05) is 0 Å². The van der Waals surface area contributed by atoms with Crippen LogP contribution in [-0.2, 0) is 0 Å². The van der Waals surface area contributed by atoms with E-state index in [0.29, 0.717) is 15.1 Å². The Morgan fingerprint density at radius 1 is 1.16 bits per heavy atom. The molecule has 0 radical (unpaired) electrons. The zero-order valence-electron chi connectivity index (χ0n) is 10.1. The SMILES string of the molecule is Cc1cc(F)c(C(N)c2cccc(Br)c2Cl)cc1F. The largest absolute Gasteiger partial charge is 0.320 e. The van der Waals surface area contributed by atoms with Gasteiger partial charge >= 0.3 is 0 Å². The van der Waals surface area contributed by atoms with Crippen molar-refractivity contribution in [3.05, 3.63) is 68.2 Å². The van der Waals surface area contributed by atoms with Crippen LogP contribution < -0.4 is 5.73 Å². The predicted octanol–water partition coefficient (Wildman–Crippen LogP) is 4.74. The van der Waals surface area contributed by atoms with Crippen LogP contribution in [0.4, 0.5) is 8.78 Å². The first-order valence-electron chi connectivity index (χ1n) is 5.57. The summed E-state index contributed by atoms with van der Waals surface area (Å²) >= 11 is 9.39. The van der Waals surface area contributed by atoms with Gasteiger partial charge in [-0.25, -0.2) is 8.78 Å². The average molecular weight is 347 g/mol. The van der Waals surface area contributed by atoms with Crippen LogP contribution >= 0.6 is 27.5 Å². The minimum absolute atomic E-state index is 0.0862. The number of halogens is 4. The summed E-state index contributed by atoms with van der Waals surface area (Å²) in [6.45, 7) is 1.50. The zero-order valence-corrected chi connectivity index (χ0v) is 12.4. The highest BCUT2D eigenvalue weighted by atomic mass is 79.9. The van der Waals surface area contributed by atoms with E-state index < -0.39 is 17.7 Å². The molecule has 0 heterocycles. The first kappa shape index (κ1) is 14.4. The van der Waals surface area contributed by atoms with E-state index in [1.807, 2.05) is 0 Å². The van der Waals surface area contributed by atoms with E-state index in [1.54, 1.807) is 18.2 Å². The van der Waals surface area contributed by atoms with Crippen LogP contribution in [0.25, 0.3) is 0 Å². The Hall–Kier alpha value is -0.970. The van der Waals surface area contributed by atoms with Crippen LogP contribution in [0.1, 0.15) is 22.7 Å². The van der Waals surface area contributed by atoms with Crippen LogP contribution in [0.3, 0.4) is 0 Å². The third-order valence-corrected chi connectivity index (χ3v) is 4.24. The molecule has 100 valence electrons. The normalized spacial score (nSPS) is 12.5. The topological polar surface area (TPSA) is 26.0 Å². The first-order chi connectivity index (χ1) is 8.91. The maximum atomic E-state index is 13.9. The second-order valence-electron chi connectivity index (χ2n) is 4.24. The minimum Gasteiger partial charge on any atom is -0.320 e. The van der Waals surface area contributed by atoms with Crippen LogP contribution in [-0.4, -0.2) is 0 Å². The summed E-state index contributed by atoms with van der Waals surface area (Å²) in [6.07, 6.45) is 0. The fourth-order valence-corrected chi connectivity index (χ4v) is 2.45. The van der Waals surface area contributed by atoms with Gasteiger partial charge in [-0.05, 0) is 52.2 Å². The lowest BCUT2D eigenvalue weighted by atomic mass is 9.98. The van der Waals surface area contributed by atoms with Crippen molar-refractivity contribution in [1.82, 2.24) is 0 Å². The summed E-state index contributed by atoms with van der Waals surface area (Å²) in [5, 5.41) is 0.399. The summed E-state index contributed by atoms with van der Waals surface area (Å²) in [4.78, 5) is 0. The molecule has 0 saturated carbocycles. The summed E-state index contributed by atoms with van der Waals surface area (Å²) in [5.41, 5.74) is 6.86. The van der Waals surface area contributed by atoms with Crippen molar-refractivity contribution < 1.29 is 8.78 Å². The molecular formula is C14H11BrClF2N. The minimum atomic E-state index is -0.819. The second-order valence-corrected chi connectivity index (χ2v) is 5.48. The fraction of sp³-hybridized carbons (Fsp3) is 0.143. The first-order valence-corrected chi connectivity index (χ1v) is 6.74. The van der Waals surface area contributed by atoms with Gasteiger partial charge in [0.1, 0.15) is 11.6 Å². The molecule has 0 aromatic heterocycles. The van der Waals surface area contributed by atoms with E-state index in [1.165, 1.54) is 6.92 Å². The highest BCUT2D eigenvalue weighted by Crippen LogP contribution is 2.33. The maximum absolute atomic E-state index is 13.9. The molecule has 1 nitrogen and oxygen atoms in total. The molecule has 2 N–H and O–H groups in total. The van der Waals surface area contributed by atoms with Gasteiger partial charge in [0.2, 0.25) is 0 Å². The molecule has 0 spiro atoms. The molecular weight excluding hydrogens is 336 g/mol. The molecule has 2 aromatic rings. The number of hydrogen-bond donors (Lipinski definition) is 1. The molecule has 0 fully saturated rings. The fourth-order valence-electron chi connectivity index (χ4n) is 1.83. The third kappa shape index (κ3) is 2.81. The van der Waals surface area contributed by atoms with Gasteiger partial charge in [-0.1, -0.05) is 23.7 Å². The van der Waals surface area contributed by atoms with Gasteiger partial charge in [-0.15, -0.1) is 0 Å². The van der Waals surface area contributed by atoms with Crippen molar-refractivity contribution in [2.45, 2.75) is 13.0 Å². The lowest BCUT2D eigenvalue weighted by molar-refractivity contribution is 0.570. The van der Waals surface area contributed by atoms with Gasteiger partial charge in [-0.3, -0.25) is 0 Å². The van der Waals surface area contributed by atoms with Crippen LogP contribution in [0.15, 0.2) is 34.8 Å². The van der Waals surface area contributed by atoms with Crippen LogP contribution in [0.5, 0.6) is 0 Å². The Morgan fingerprint density at radius 2 is 1.84 bits per heavy atom. The highest BCUT2D eigenvalue weighted by Gasteiger charge is 2.19. The van der Waals surface area contributed by atoms with Gasteiger partial charge in [0.15, 0.2) is 0 Å². The van der Waals surface area contributed by atoms with E-state index in [4.69, 9.17) is 17.3 Å². The Bertz CT molecular complexity index is 631. The lowest BCUT2D eigenvalue weighted by Crippen LogP contribution is -2.15. The van der Waals surface area contributed by atoms with Gasteiger partial charge in [-0.2, -0.15) is 0 Å². The van der Waals surface area contributed by atoms with Crippen LogP contribution in [0.2, 0.25) is 5.02 Å². The molecule has 1 atom stereocenters. The molecule has 0 aliphatic rings. The Labute approximate surface area is 123 Å². The van der Waals surface area contributed by atoms with E-state index in [9.17, 15) is 8.78 Å². The number of benzene rings is 2. The van der Waals surface area contributed by atoms with Crippen molar-refractivity contribution in [2.24, 2.45) is 5.73 Å². The van der Waals surface area contributed by atoms with Crippen LogP contribution in [0, 0.1) is 18.6 Å². The second kappa shape index (κ2) is 5.57. The van der Waals surface area contributed by atoms with E-state index >= 15 is 0 Å². The molecule has 0 aliphatic heterocycles. The number of aryl methyl sites for hydroxylation is 1. The Morgan fingerprint density at radius 3 is 2.53 bits per heavy atom. The molecule has 5 heteroatoms. The number of hydrogen-bond acceptors (Lipinski definition) is 1. The van der Waals surface area contributed by atoms with Gasteiger partial charge < -0.3 is 5.73 Å². The standard InChI is InChI=1S/C14H11BrClF2N/c1-7-5-12(18)9(6-11(7)17)14(19)8-3-2-4-10(15)13(8)16/h2-6,14H,19H2,1H3. The number of nitrogens with two attached hydrogens (primary N) is 1. The number of rotatable bonds is 2. The summed E-state index contributed by atoms with van der Waals surface area (Å²) in [6, 6.07) is 6.62. The third-order valence-electron chi connectivity index (χ3n) is 2.93. The van der Waals surface area contributed by atoms with Crippen molar-refractivity contribution in [3.63, 3.8) is 0 Å². The molecule has 1 unspecified atom stereocenters. The molecule has 0 saturated heterocycles. The van der Waals surface area contributed by atoms with Gasteiger partial charge in [0.25, 0.3) is 0 Å². The molecule has 2 aromatic carbocycles. The van der Waals surface area contributed by atoms with Crippen molar-refractivity contribution in [1.29, 1.82) is 0 Å². The summed E-state index contributed by atoms with van der Waals surface area (Å²) < 4.78 is 28.1. The lowest BCUT2D eigenvalue weighted by Gasteiger charge is -2.16. The van der Waals surface area contributed by atoms with E-state index in [0.717, 1.165) is 12.1 Å². The maximum Gasteiger partial charge on any atom is 0.128 e. The smallest absolute Gasteiger partial charge is 0.128 e. The van der Waals surface area contributed by atoms with Gasteiger partial charge in [0.05, 0.1) is 11.1 Å². The van der Waals surface area contributed by atoms with Crippen molar-refractivity contribution >= 4 is 27.5 Å². The predicted molar refractivity (Wildman–Crippen MR) is 76.3 cm³/mol. The quantitative estimate of drug-likeness (QED) is 0.835. The average Bonchev–Trinajstić information content (AvgIpc) is 2.36. The molecule has 0 amide bonds. The summed E-state index contributed by atoms with van der Waals surface area (Å²) in [7, 11) is 0. The van der Waals surface area contributed by atoms with Gasteiger partial charge in [0, 0.05) is 10.0 Å². The highest BCUT2D eigenvalue weighted by molar-refractivity contribution is 9.10. The molecule has 19 heavy (non-hydrogen) atoms. The molecule has 0 bridgehead atoms. The Balaban J connectivity index is 2.53. The monoisotopic (exact) mass is 345 g/mol. The Kier molecular flexibility index (Phi) is 4.23. The van der Waals surface area contributed by atoms with E-state index in [-0.39, 0.29) is 11.1 Å². The zero-order chi connectivity index (χ0) is 14.2. The van der Waals surface area contributed by atoms with Crippen molar-refractivity contribution in [3.8, 4) is 0 Å². The molecule has 0 aliphatic carbocycles. The molecule has 2 rings (SSSR count). The summed E-state index contributed by atoms with van der Waals surface area (Å²) in [5.74, 6) is -1.03.